The van der Waals surface area contributed by atoms with Gasteiger partial charge in [-0.3, -0.25) is 0 Å². The topological polar surface area (TPSA) is 63.6 Å². The zero-order valence-corrected chi connectivity index (χ0v) is 20.4. The number of nitrogens with zero attached hydrogens (tertiary/aromatic N) is 5. The van der Waals surface area contributed by atoms with Crippen molar-refractivity contribution >= 4 is 28.3 Å². The molecule has 1 saturated carbocycles. The number of rotatable bonds is 4. The number of anilines is 1. The van der Waals surface area contributed by atoms with Gasteiger partial charge in [-0.2, -0.15) is 9.97 Å². The van der Waals surface area contributed by atoms with Gasteiger partial charge in [-0.25, -0.2) is 18.2 Å². The van der Waals surface area contributed by atoms with Gasteiger partial charge in [0.15, 0.2) is 11.0 Å². The Hall–Kier alpha value is -2.61. The Morgan fingerprint density at radius 3 is 2.97 bits per heavy atom. The van der Waals surface area contributed by atoms with Gasteiger partial charge < -0.3 is 19.3 Å². The van der Waals surface area contributed by atoms with E-state index >= 15 is 4.39 Å². The molecule has 3 aliphatic rings. The minimum Gasteiger partial charge on any atom is -0.462 e. The van der Waals surface area contributed by atoms with E-state index in [1.165, 1.54) is 13.8 Å². The predicted molar refractivity (Wildman–Crippen MR) is 130 cm³/mol. The number of pyridine rings is 1. The second kappa shape index (κ2) is 9.69. The van der Waals surface area contributed by atoms with Crippen molar-refractivity contribution in [2.75, 3.05) is 51.3 Å². The summed E-state index contributed by atoms with van der Waals surface area (Å²) in [6.07, 6.45) is -1.06. The molecule has 1 aliphatic carbocycles. The van der Waals surface area contributed by atoms with Gasteiger partial charge in [-0.15, -0.1) is 0 Å². The molecule has 2 aromatic heterocycles. The first-order chi connectivity index (χ1) is 19.2. The summed E-state index contributed by atoms with van der Waals surface area (Å²) >= 11 is 6.05. The lowest BCUT2D eigenvalue weighted by atomic mass is 9.78. The number of piperidine rings is 1. The van der Waals surface area contributed by atoms with Crippen molar-refractivity contribution in [1.29, 1.82) is 0 Å². The average molecular weight is 527 g/mol. The fourth-order valence-corrected chi connectivity index (χ4v) is 4.95. The maximum atomic E-state index is 15.4. The number of hydrogen-bond acceptors (Lipinski definition) is 7. The molecule has 36 heavy (non-hydrogen) atoms. The number of aromatic nitrogens is 3. The molecule has 5 rings (SSSR count). The van der Waals surface area contributed by atoms with Crippen LogP contribution in [-0.2, 0) is 4.74 Å². The SMILES string of the molecule is [2H]C([2H])([2H])N1CC/C(=C\F)[C@](C)(C([2H])([2H])Oc2nc(N3CCOC[C@H]4[C@H](F)[C@H]43)c3c(C#CC)nc(Cl)c(F)c3n2)C1. The van der Waals surface area contributed by atoms with E-state index in [2.05, 4.69) is 26.8 Å². The molecule has 4 atom stereocenters. The Kier molecular flexibility index (Phi) is 5.25. The summed E-state index contributed by atoms with van der Waals surface area (Å²) in [6.45, 7) is -2.33. The molecule has 0 aromatic carbocycles. The Morgan fingerprint density at radius 1 is 1.39 bits per heavy atom. The first-order valence-electron chi connectivity index (χ1n) is 13.9. The third kappa shape index (κ3) is 4.38. The monoisotopic (exact) mass is 526 g/mol. The lowest BCUT2D eigenvalue weighted by Crippen LogP contribution is -2.44. The highest BCUT2D eigenvalue weighted by Gasteiger charge is 2.56. The summed E-state index contributed by atoms with van der Waals surface area (Å²) in [7, 11) is 0. The smallest absolute Gasteiger partial charge is 0.319 e. The third-order valence-corrected chi connectivity index (χ3v) is 7.02. The van der Waals surface area contributed by atoms with E-state index in [1.54, 1.807) is 4.90 Å². The first kappa shape index (κ1) is 19.5. The Balaban J connectivity index is 1.66. The van der Waals surface area contributed by atoms with Gasteiger partial charge >= 0.3 is 6.01 Å². The molecule has 192 valence electrons. The van der Waals surface area contributed by atoms with Gasteiger partial charge in [0.05, 0.1) is 33.7 Å². The van der Waals surface area contributed by atoms with Crippen LogP contribution < -0.4 is 9.64 Å². The molecule has 0 unspecified atom stereocenters. The summed E-state index contributed by atoms with van der Waals surface area (Å²) < 4.78 is 96.4. The zero-order chi connectivity index (χ0) is 29.9. The molecule has 3 fully saturated rings. The Bertz CT molecular complexity index is 1470. The van der Waals surface area contributed by atoms with Crippen molar-refractivity contribution in [1.82, 2.24) is 19.9 Å². The lowest BCUT2D eigenvalue weighted by molar-refractivity contribution is 0.109. The van der Waals surface area contributed by atoms with E-state index in [0.717, 1.165) is 4.90 Å². The van der Waals surface area contributed by atoms with E-state index in [0.29, 0.717) is 0 Å². The molecule has 4 heterocycles. The van der Waals surface area contributed by atoms with Crippen LogP contribution in [0.4, 0.5) is 19.0 Å². The van der Waals surface area contributed by atoms with Crippen LogP contribution in [-0.4, -0.2) is 78.4 Å². The van der Waals surface area contributed by atoms with Crippen molar-refractivity contribution in [3.63, 3.8) is 0 Å². The van der Waals surface area contributed by atoms with Crippen molar-refractivity contribution in [3.8, 4) is 17.9 Å². The van der Waals surface area contributed by atoms with Gasteiger partial charge in [0.2, 0.25) is 0 Å². The highest BCUT2D eigenvalue weighted by molar-refractivity contribution is 6.30. The fraction of sp³-hybridized carbons (Fsp3) is 0.560. The molecule has 0 radical (unpaired) electrons. The van der Waals surface area contributed by atoms with Crippen molar-refractivity contribution in [2.45, 2.75) is 32.5 Å². The van der Waals surface area contributed by atoms with Gasteiger partial charge in [0.25, 0.3) is 0 Å². The maximum Gasteiger partial charge on any atom is 0.319 e. The van der Waals surface area contributed by atoms with Crippen LogP contribution >= 0.6 is 11.6 Å². The molecule has 7 nitrogen and oxygen atoms in total. The van der Waals surface area contributed by atoms with Crippen LogP contribution in [0.5, 0.6) is 6.01 Å². The molecule has 2 aromatic rings. The molecule has 0 amide bonds. The predicted octanol–water partition coefficient (Wildman–Crippen LogP) is 3.94. The van der Waals surface area contributed by atoms with Crippen LogP contribution in [0.15, 0.2) is 11.9 Å². The quantitative estimate of drug-likeness (QED) is 0.442. The number of alkyl halides is 1. The Morgan fingerprint density at radius 2 is 2.22 bits per heavy atom. The van der Waals surface area contributed by atoms with Gasteiger partial charge in [0, 0.05) is 35.1 Å². The van der Waals surface area contributed by atoms with E-state index in [9.17, 15) is 8.78 Å². The molecule has 0 N–H and O–H groups in total. The van der Waals surface area contributed by atoms with E-state index in [-0.39, 0.29) is 67.0 Å². The number of fused-ring (bicyclic) bond motifs is 2. The van der Waals surface area contributed by atoms with Crippen LogP contribution in [0.2, 0.25) is 5.15 Å². The van der Waals surface area contributed by atoms with Gasteiger partial charge in [-0.1, -0.05) is 24.4 Å². The van der Waals surface area contributed by atoms with E-state index in [1.807, 2.05) is 0 Å². The molecular weight excluding hydrogens is 495 g/mol. The summed E-state index contributed by atoms with van der Waals surface area (Å²) in [5, 5.41) is -0.508. The van der Waals surface area contributed by atoms with Crippen LogP contribution in [0, 0.1) is 29.0 Å². The lowest BCUT2D eigenvalue weighted by Gasteiger charge is -2.40. The molecule has 0 spiro atoms. The Labute approximate surface area is 219 Å². The summed E-state index contributed by atoms with van der Waals surface area (Å²) in [4.78, 5) is 15.2. The largest absolute Gasteiger partial charge is 0.462 e. The number of hydrogen-bond donors (Lipinski definition) is 0. The average Bonchev–Trinajstić information content (AvgIpc) is 3.59. The minimum atomic E-state index is -2.79. The normalized spacial score (nSPS) is 32.3. The highest BCUT2D eigenvalue weighted by Crippen LogP contribution is 2.45. The van der Waals surface area contributed by atoms with E-state index < -0.39 is 60.6 Å². The molecule has 0 bridgehead atoms. The van der Waals surface area contributed by atoms with Crippen molar-refractivity contribution < 1.29 is 29.5 Å². The maximum absolute atomic E-state index is 15.4. The summed E-state index contributed by atoms with van der Waals surface area (Å²) in [5.74, 6) is 3.92. The van der Waals surface area contributed by atoms with E-state index in [4.69, 9.17) is 27.9 Å². The van der Waals surface area contributed by atoms with Crippen LogP contribution in [0.1, 0.15) is 32.8 Å². The first-order valence-corrected chi connectivity index (χ1v) is 11.8. The van der Waals surface area contributed by atoms with Crippen LogP contribution in [0.3, 0.4) is 0 Å². The van der Waals surface area contributed by atoms with Crippen molar-refractivity contribution in [2.24, 2.45) is 11.3 Å². The summed E-state index contributed by atoms with van der Waals surface area (Å²) in [5.41, 5.74) is -2.15. The second-order valence-corrected chi connectivity index (χ2v) is 9.56. The number of halogens is 4. The highest BCUT2D eigenvalue weighted by atomic mass is 35.5. The molecule has 2 saturated heterocycles. The summed E-state index contributed by atoms with van der Waals surface area (Å²) in [6, 6.07) is -1.29. The standard InChI is InChI=1S/C25H27ClF3N5O2/c1-4-5-16-17-20(19(29)22(26)30-16)31-24(36-13-25(2)12-33(3)7-6-14(25)10-27)32-23(17)34-8-9-35-11-15-18(28)21(15)34/h10,15,18,21H,6-9,11-13H2,1-3H3/b14-10+/t15-,18-,21-,25-/m0/s1/i3D3,13D2. The molecular formula is C25H27ClF3N5O2. The molecule has 2 aliphatic heterocycles. The second-order valence-electron chi connectivity index (χ2n) is 9.20. The minimum absolute atomic E-state index is 0.00133. The third-order valence-electron chi connectivity index (χ3n) is 6.77. The fourth-order valence-electron chi connectivity index (χ4n) is 4.78. The van der Waals surface area contributed by atoms with Crippen LogP contribution in [0.25, 0.3) is 10.9 Å². The van der Waals surface area contributed by atoms with Gasteiger partial charge in [0.1, 0.15) is 29.8 Å². The van der Waals surface area contributed by atoms with Gasteiger partial charge in [-0.05, 0) is 31.8 Å². The molecule has 11 heteroatoms. The zero-order valence-electron chi connectivity index (χ0n) is 24.6. The number of likely N-dealkylation sites (tertiary alicyclic amines) is 1. The van der Waals surface area contributed by atoms with Crippen molar-refractivity contribution in [3.05, 3.63) is 28.6 Å². The number of ether oxygens (including phenoxy) is 2.